The van der Waals surface area contributed by atoms with E-state index in [2.05, 4.69) is 15.9 Å². The summed E-state index contributed by atoms with van der Waals surface area (Å²) in [7, 11) is 0. The van der Waals surface area contributed by atoms with Crippen LogP contribution in [0.15, 0.2) is 0 Å². The predicted molar refractivity (Wildman–Crippen MR) is 28.9 cm³/mol. The van der Waals surface area contributed by atoms with Crippen LogP contribution in [0.1, 0.15) is 6.42 Å². The Hall–Kier alpha value is -0.100. The topological polar surface area (TPSA) is 23.8 Å². The van der Waals surface area contributed by atoms with E-state index in [0.717, 1.165) is 0 Å². The van der Waals surface area contributed by atoms with Crippen LogP contribution >= 0.6 is 15.9 Å². The van der Waals surface area contributed by atoms with Crippen LogP contribution in [0.25, 0.3) is 0 Å². The monoisotopic (exact) mass is 165 g/mol. The van der Waals surface area contributed by atoms with Crippen LogP contribution in [-0.4, -0.2) is 11.5 Å². The smallest absolute Gasteiger partial charge is 0.123 e. The van der Waals surface area contributed by atoms with Crippen LogP contribution in [0.3, 0.4) is 0 Å². The summed E-state index contributed by atoms with van der Waals surface area (Å²) in [6.07, 6.45) is -1.00. The number of rotatable bonds is 2. The van der Waals surface area contributed by atoms with E-state index in [1.807, 2.05) is 0 Å². The Labute approximate surface area is 50.3 Å². The highest BCUT2D eigenvalue weighted by molar-refractivity contribution is 9.09. The third-order valence-electron chi connectivity index (χ3n) is 0.480. The van der Waals surface area contributed by atoms with Crippen LogP contribution in [0.2, 0.25) is 0 Å². The second-order valence-corrected chi connectivity index (χ2v) is 1.76. The highest BCUT2D eigenvalue weighted by atomic mass is 79.9. The second kappa shape index (κ2) is 4.07. The average molecular weight is 166 g/mol. The molecule has 0 bridgehead atoms. The largest absolute Gasteiger partial charge is 0.245 e. The summed E-state index contributed by atoms with van der Waals surface area (Å²) in [4.78, 5) is 0. The average Bonchev–Trinajstić information content (AvgIpc) is 1.68. The third kappa shape index (κ3) is 3.74. The molecule has 0 rings (SSSR count). The second-order valence-electron chi connectivity index (χ2n) is 1.11. The van der Waals surface area contributed by atoms with Gasteiger partial charge in [0.15, 0.2) is 0 Å². The first-order valence-corrected chi connectivity index (χ1v) is 3.00. The van der Waals surface area contributed by atoms with Crippen molar-refractivity contribution in [3.8, 4) is 6.07 Å². The molecule has 0 N–H and O–H groups in total. The molecule has 7 heavy (non-hydrogen) atoms. The van der Waals surface area contributed by atoms with Crippen molar-refractivity contribution in [2.75, 3.05) is 5.33 Å². The van der Waals surface area contributed by atoms with E-state index >= 15 is 0 Å². The van der Waals surface area contributed by atoms with Gasteiger partial charge in [-0.3, -0.25) is 0 Å². The Morgan fingerprint density at radius 3 is 2.57 bits per heavy atom. The molecule has 0 aliphatic carbocycles. The first-order chi connectivity index (χ1) is 3.31. The number of hydrogen-bond donors (Lipinski definition) is 0. The molecular formula is C4H5BrFN. The van der Waals surface area contributed by atoms with E-state index in [-0.39, 0.29) is 11.8 Å². The fourth-order valence-corrected chi connectivity index (χ4v) is 0.383. The lowest BCUT2D eigenvalue weighted by molar-refractivity contribution is 0.376. The van der Waals surface area contributed by atoms with Crippen molar-refractivity contribution < 1.29 is 4.39 Å². The zero-order valence-corrected chi connectivity index (χ0v) is 5.28. The summed E-state index contributed by atoms with van der Waals surface area (Å²) >= 11 is 2.89. The molecule has 0 aliphatic heterocycles. The molecule has 0 saturated heterocycles. The Morgan fingerprint density at radius 2 is 2.43 bits per heavy atom. The van der Waals surface area contributed by atoms with Crippen molar-refractivity contribution in [2.24, 2.45) is 0 Å². The number of halogens is 2. The molecule has 0 aromatic heterocycles. The lowest BCUT2D eigenvalue weighted by Crippen LogP contribution is -1.97. The van der Waals surface area contributed by atoms with Crippen molar-refractivity contribution in [1.82, 2.24) is 0 Å². The Bertz CT molecular complexity index is 78.2. The first kappa shape index (κ1) is 6.90. The summed E-state index contributed by atoms with van der Waals surface area (Å²) in [5, 5.41) is 8.12. The molecule has 0 spiro atoms. The quantitative estimate of drug-likeness (QED) is 0.572. The van der Waals surface area contributed by atoms with E-state index in [1.54, 1.807) is 6.07 Å². The summed E-state index contributed by atoms with van der Waals surface area (Å²) in [5.41, 5.74) is 0. The van der Waals surface area contributed by atoms with Gasteiger partial charge < -0.3 is 0 Å². The van der Waals surface area contributed by atoms with Crippen LogP contribution in [0.4, 0.5) is 4.39 Å². The fourth-order valence-electron chi connectivity index (χ4n) is 0.154. The third-order valence-corrected chi connectivity index (χ3v) is 1.18. The van der Waals surface area contributed by atoms with Gasteiger partial charge in [0.05, 0.1) is 12.5 Å². The summed E-state index contributed by atoms with van der Waals surface area (Å²) in [6.45, 7) is 0. The lowest BCUT2D eigenvalue weighted by atomic mass is 10.3. The van der Waals surface area contributed by atoms with Crippen LogP contribution in [-0.2, 0) is 0 Å². The van der Waals surface area contributed by atoms with E-state index in [9.17, 15) is 4.39 Å². The molecule has 0 saturated carbocycles. The maximum absolute atomic E-state index is 11.9. The van der Waals surface area contributed by atoms with Gasteiger partial charge in [-0.25, -0.2) is 4.39 Å². The van der Waals surface area contributed by atoms with Crippen LogP contribution in [0, 0.1) is 11.3 Å². The zero-order valence-electron chi connectivity index (χ0n) is 3.69. The molecule has 3 heteroatoms. The minimum Gasteiger partial charge on any atom is -0.245 e. The molecule has 0 aliphatic rings. The van der Waals surface area contributed by atoms with Gasteiger partial charge in [0, 0.05) is 5.33 Å². The highest BCUT2D eigenvalue weighted by Gasteiger charge is 1.99. The van der Waals surface area contributed by atoms with Gasteiger partial charge in [0.2, 0.25) is 0 Å². The van der Waals surface area contributed by atoms with Crippen molar-refractivity contribution in [2.45, 2.75) is 12.6 Å². The summed E-state index contributed by atoms with van der Waals surface area (Å²) in [6, 6.07) is 1.71. The van der Waals surface area contributed by atoms with Crippen molar-refractivity contribution in [3.05, 3.63) is 0 Å². The van der Waals surface area contributed by atoms with Crippen LogP contribution in [0.5, 0.6) is 0 Å². The van der Waals surface area contributed by atoms with E-state index in [0.29, 0.717) is 0 Å². The van der Waals surface area contributed by atoms with Gasteiger partial charge in [-0.2, -0.15) is 5.26 Å². The lowest BCUT2D eigenvalue weighted by Gasteiger charge is -1.91. The molecule has 1 nitrogen and oxygen atoms in total. The van der Waals surface area contributed by atoms with Crippen molar-refractivity contribution in [1.29, 1.82) is 5.26 Å². The van der Waals surface area contributed by atoms with Gasteiger partial charge in [-0.1, -0.05) is 15.9 Å². The normalized spacial score (nSPS) is 12.7. The van der Waals surface area contributed by atoms with Gasteiger partial charge in [0.1, 0.15) is 6.17 Å². The van der Waals surface area contributed by atoms with E-state index < -0.39 is 6.17 Å². The number of nitrogens with zero attached hydrogens (tertiary/aromatic N) is 1. The molecule has 0 heterocycles. The molecule has 0 fully saturated rings. The minimum atomic E-state index is -0.995. The maximum Gasteiger partial charge on any atom is 0.123 e. The number of hydrogen-bond acceptors (Lipinski definition) is 1. The number of nitriles is 1. The minimum absolute atomic E-state index is 0.00868. The molecule has 0 radical (unpaired) electrons. The Balaban J connectivity index is 3.03. The highest BCUT2D eigenvalue weighted by Crippen LogP contribution is 1.98. The fraction of sp³-hybridized carbons (Fsp3) is 0.750. The standard InChI is InChI=1S/C4H5BrFN/c5-3-4(6)1-2-7/h4H,1,3H2/t4-/m0/s1. The summed E-state index contributed by atoms with van der Waals surface area (Å²) in [5.74, 6) is 0. The van der Waals surface area contributed by atoms with Crippen molar-refractivity contribution in [3.63, 3.8) is 0 Å². The molecule has 40 valence electrons. The first-order valence-electron chi connectivity index (χ1n) is 1.88. The molecular weight excluding hydrogens is 161 g/mol. The number of alkyl halides is 2. The molecule has 0 unspecified atom stereocenters. The molecule has 1 atom stereocenters. The van der Waals surface area contributed by atoms with Gasteiger partial charge in [0.25, 0.3) is 0 Å². The Kier molecular flexibility index (Phi) is 4.01. The predicted octanol–water partition coefficient (Wildman–Crippen LogP) is 1.63. The van der Waals surface area contributed by atoms with Gasteiger partial charge in [-0.05, 0) is 0 Å². The van der Waals surface area contributed by atoms with Gasteiger partial charge >= 0.3 is 0 Å². The maximum atomic E-state index is 11.9. The molecule has 0 aromatic rings. The van der Waals surface area contributed by atoms with E-state index in [1.165, 1.54) is 0 Å². The SMILES string of the molecule is N#CC[C@H](F)CBr. The molecule has 0 aromatic carbocycles. The molecule has 0 amide bonds. The zero-order chi connectivity index (χ0) is 5.70. The Morgan fingerprint density at radius 1 is 1.86 bits per heavy atom. The summed E-state index contributed by atoms with van der Waals surface area (Å²) < 4.78 is 11.9. The van der Waals surface area contributed by atoms with Gasteiger partial charge in [-0.15, -0.1) is 0 Å². The van der Waals surface area contributed by atoms with E-state index in [4.69, 9.17) is 5.26 Å². The van der Waals surface area contributed by atoms with Crippen LogP contribution < -0.4 is 0 Å². The van der Waals surface area contributed by atoms with Crippen molar-refractivity contribution >= 4 is 15.9 Å².